The zero-order chi connectivity index (χ0) is 22.8. The lowest BCUT2D eigenvalue weighted by molar-refractivity contribution is 0.102. The summed E-state index contributed by atoms with van der Waals surface area (Å²) in [5, 5.41) is 18.7. The summed E-state index contributed by atoms with van der Waals surface area (Å²) in [5.41, 5.74) is -0.941. The minimum absolute atomic E-state index is 0.0119. The van der Waals surface area contributed by atoms with Crippen molar-refractivity contribution in [1.82, 2.24) is 0 Å². The first-order valence-electron chi connectivity index (χ1n) is 9.36. The number of hydrogen-bond donors (Lipinski definition) is 4. The fraction of sp³-hybridized carbons (Fsp3) is 0. The van der Waals surface area contributed by atoms with Gasteiger partial charge in [0.2, 0.25) is 0 Å². The van der Waals surface area contributed by atoms with Crippen molar-refractivity contribution in [1.29, 1.82) is 0 Å². The lowest BCUT2D eigenvalue weighted by Crippen LogP contribution is -2.35. The molecule has 4 aromatic carbocycles. The molecule has 1 amide bonds. The molecule has 0 unspecified atom stereocenters. The summed E-state index contributed by atoms with van der Waals surface area (Å²) in [6.45, 7) is 0. The molecule has 160 valence electrons. The molecule has 0 aliphatic carbocycles. The third-order valence-corrected chi connectivity index (χ3v) is 4.99. The van der Waals surface area contributed by atoms with Crippen molar-refractivity contribution in [3.05, 3.63) is 104 Å². The van der Waals surface area contributed by atoms with Gasteiger partial charge in [-0.1, -0.05) is 29.8 Å². The highest BCUT2D eigenvalue weighted by atomic mass is 35.5. The summed E-state index contributed by atoms with van der Waals surface area (Å²) in [5.74, 6) is -1.66. The molecule has 7 nitrogen and oxygen atoms in total. The zero-order valence-electron chi connectivity index (χ0n) is 16.3. The number of rotatable bonds is 6. The topological polar surface area (TPSA) is 108 Å². The van der Waals surface area contributed by atoms with Crippen LogP contribution in [-0.4, -0.2) is 11.0 Å². The van der Waals surface area contributed by atoms with Crippen LogP contribution in [0.3, 0.4) is 0 Å². The molecule has 0 aliphatic heterocycles. The number of nitrogens with one attached hydrogen (secondary N) is 3. The van der Waals surface area contributed by atoms with Crippen LogP contribution in [0.2, 0.25) is 5.02 Å². The summed E-state index contributed by atoms with van der Waals surface area (Å²) in [4.78, 5) is 36.8. The van der Waals surface area contributed by atoms with Crippen LogP contribution < -0.4 is 26.8 Å². The van der Waals surface area contributed by atoms with Gasteiger partial charge in [-0.15, -0.1) is 0 Å². The van der Waals surface area contributed by atoms with Gasteiger partial charge in [-0.3, -0.25) is 14.4 Å². The summed E-state index contributed by atoms with van der Waals surface area (Å²) in [6.07, 6.45) is 0. The molecule has 0 saturated heterocycles. The number of aromatic hydroxyl groups is 1. The minimum Gasteiger partial charge on any atom is -0.505 e. The Kier molecular flexibility index (Phi) is 5.61. The van der Waals surface area contributed by atoms with Crippen LogP contribution in [0.4, 0.5) is 32.8 Å². The summed E-state index contributed by atoms with van der Waals surface area (Å²) < 4.78 is 13.1. The molecule has 9 heteroatoms. The highest BCUT2D eigenvalue weighted by Crippen LogP contribution is 2.38. The van der Waals surface area contributed by atoms with E-state index in [0.29, 0.717) is 11.4 Å². The number of amides is 1. The Morgan fingerprint density at radius 1 is 0.781 bits per heavy atom. The molecule has 0 spiro atoms. The Labute approximate surface area is 185 Å². The number of halogens is 2. The maximum atomic E-state index is 13.1. The number of carbonyl (C=O) groups is 1. The number of benzene rings is 3. The van der Waals surface area contributed by atoms with E-state index >= 15 is 0 Å². The highest BCUT2D eigenvalue weighted by Gasteiger charge is 2.25. The Bertz CT molecular complexity index is 1380. The van der Waals surface area contributed by atoms with E-state index in [1.165, 1.54) is 36.4 Å². The number of phenols is 1. The molecule has 0 heterocycles. The van der Waals surface area contributed by atoms with E-state index in [9.17, 15) is 23.9 Å². The van der Waals surface area contributed by atoms with E-state index in [0.717, 1.165) is 0 Å². The smallest absolute Gasteiger partial charge is 0.259 e. The van der Waals surface area contributed by atoms with E-state index in [1.54, 1.807) is 30.3 Å². The average Bonchev–Trinajstić information content (AvgIpc) is 2.79. The van der Waals surface area contributed by atoms with Crippen molar-refractivity contribution in [2.75, 3.05) is 16.0 Å². The maximum absolute atomic E-state index is 13.1. The van der Waals surface area contributed by atoms with Crippen molar-refractivity contribution < 1.29 is 14.3 Å². The predicted molar refractivity (Wildman–Crippen MR) is 122 cm³/mol. The van der Waals surface area contributed by atoms with Crippen molar-refractivity contribution in [2.24, 2.45) is 0 Å². The van der Waals surface area contributed by atoms with Crippen LogP contribution >= 0.6 is 11.6 Å². The second kappa shape index (κ2) is 8.52. The first-order valence-corrected chi connectivity index (χ1v) is 9.73. The van der Waals surface area contributed by atoms with E-state index in [2.05, 4.69) is 16.0 Å². The number of anilines is 5. The standard InChI is InChI=1S/C23H15ClFN3O4/c24-16-11-10-15(23(32)27-14-8-6-12(25)7-9-14)20(29)17(16)28-19-18(21(30)22(19)31)26-13-4-2-1-3-5-13/h1-11,26,28-29H,(H,27,32). The fourth-order valence-corrected chi connectivity index (χ4v) is 3.22. The third kappa shape index (κ3) is 4.03. The molecule has 0 fully saturated rings. The van der Waals surface area contributed by atoms with Gasteiger partial charge in [-0.2, -0.15) is 0 Å². The van der Waals surface area contributed by atoms with E-state index in [4.69, 9.17) is 11.6 Å². The molecule has 0 radical (unpaired) electrons. The molecular weight excluding hydrogens is 437 g/mol. The second-order valence-corrected chi connectivity index (χ2v) is 7.21. The quantitative estimate of drug-likeness (QED) is 0.253. The SMILES string of the molecule is O=C(Nc1ccc(F)cc1)c1ccc(Cl)c(Nc2c(Nc3ccccc3)c(=O)c2=O)c1O. The van der Waals surface area contributed by atoms with Gasteiger partial charge in [0.05, 0.1) is 10.6 Å². The molecule has 0 bridgehead atoms. The van der Waals surface area contributed by atoms with Gasteiger partial charge in [-0.25, -0.2) is 4.39 Å². The van der Waals surface area contributed by atoms with Gasteiger partial charge in [-0.05, 0) is 48.5 Å². The molecule has 32 heavy (non-hydrogen) atoms. The number of para-hydroxylation sites is 1. The van der Waals surface area contributed by atoms with Crippen molar-refractivity contribution in [3.8, 4) is 5.75 Å². The first-order chi connectivity index (χ1) is 15.3. The summed E-state index contributed by atoms with van der Waals surface area (Å²) in [7, 11) is 0. The lowest BCUT2D eigenvalue weighted by atomic mass is 10.1. The van der Waals surface area contributed by atoms with Gasteiger partial charge in [0, 0.05) is 11.4 Å². The number of carbonyl (C=O) groups excluding carboxylic acids is 1. The molecule has 0 atom stereocenters. The molecule has 0 saturated carbocycles. The van der Waals surface area contributed by atoms with Gasteiger partial charge in [0.1, 0.15) is 22.9 Å². The summed E-state index contributed by atoms with van der Waals surface area (Å²) >= 11 is 6.17. The van der Waals surface area contributed by atoms with Crippen molar-refractivity contribution >= 4 is 45.9 Å². The lowest BCUT2D eigenvalue weighted by Gasteiger charge is -2.17. The van der Waals surface area contributed by atoms with Crippen LogP contribution in [0.1, 0.15) is 10.4 Å². The number of phenolic OH excluding ortho intramolecular Hbond substituents is 1. The largest absolute Gasteiger partial charge is 0.505 e. The van der Waals surface area contributed by atoms with Crippen LogP contribution in [0.5, 0.6) is 5.75 Å². The van der Waals surface area contributed by atoms with Crippen LogP contribution in [-0.2, 0) is 0 Å². The average molecular weight is 452 g/mol. The van der Waals surface area contributed by atoms with E-state index < -0.39 is 28.3 Å². The maximum Gasteiger partial charge on any atom is 0.259 e. The Hall–Kier alpha value is -4.17. The van der Waals surface area contributed by atoms with Crippen LogP contribution in [0.25, 0.3) is 0 Å². The van der Waals surface area contributed by atoms with E-state index in [1.807, 2.05) is 0 Å². The van der Waals surface area contributed by atoms with Crippen molar-refractivity contribution in [2.45, 2.75) is 0 Å². The van der Waals surface area contributed by atoms with Gasteiger partial charge < -0.3 is 21.1 Å². The second-order valence-electron chi connectivity index (χ2n) is 6.80. The monoisotopic (exact) mass is 451 g/mol. The van der Waals surface area contributed by atoms with E-state index in [-0.39, 0.29) is 27.6 Å². The molecule has 4 rings (SSSR count). The normalized spacial score (nSPS) is 10.7. The van der Waals surface area contributed by atoms with Crippen LogP contribution in [0, 0.1) is 5.82 Å². The molecular formula is C23H15ClFN3O4. The van der Waals surface area contributed by atoms with Crippen LogP contribution in [0.15, 0.2) is 76.3 Å². The molecule has 0 aliphatic rings. The fourth-order valence-electron chi connectivity index (χ4n) is 3.02. The Morgan fingerprint density at radius 2 is 1.41 bits per heavy atom. The Morgan fingerprint density at radius 3 is 2.06 bits per heavy atom. The molecule has 0 aromatic heterocycles. The number of hydrogen-bond acceptors (Lipinski definition) is 6. The van der Waals surface area contributed by atoms with Crippen molar-refractivity contribution in [3.63, 3.8) is 0 Å². The highest BCUT2D eigenvalue weighted by molar-refractivity contribution is 6.34. The summed E-state index contributed by atoms with van der Waals surface area (Å²) in [6, 6.07) is 16.5. The predicted octanol–water partition coefficient (Wildman–Crippen LogP) is 4.52. The first kappa shape index (κ1) is 21.1. The Balaban J connectivity index is 1.62. The van der Waals surface area contributed by atoms with Gasteiger partial charge in [0.15, 0.2) is 5.75 Å². The third-order valence-electron chi connectivity index (χ3n) is 4.68. The molecule has 4 aromatic rings. The van der Waals surface area contributed by atoms with Gasteiger partial charge >= 0.3 is 0 Å². The minimum atomic E-state index is -0.792. The van der Waals surface area contributed by atoms with Gasteiger partial charge in [0.25, 0.3) is 16.8 Å². The zero-order valence-corrected chi connectivity index (χ0v) is 17.0. The molecule has 4 N–H and O–H groups in total.